The van der Waals surface area contributed by atoms with Crippen LogP contribution >= 0.6 is 0 Å². The Morgan fingerprint density at radius 3 is 2.35 bits per heavy atom. The molecule has 3 atom stereocenters. The van der Waals surface area contributed by atoms with Gasteiger partial charge in [0.1, 0.15) is 11.4 Å². The minimum atomic E-state index is -4.10. The van der Waals surface area contributed by atoms with Crippen LogP contribution in [0.1, 0.15) is 29.5 Å². The topological polar surface area (TPSA) is 83.5 Å². The molecule has 2 N–H and O–H groups in total. The monoisotopic (exact) mass is 437 g/mol. The molecule has 0 spiro atoms. The van der Waals surface area contributed by atoms with Gasteiger partial charge < -0.3 is 5.11 Å². The van der Waals surface area contributed by atoms with Crippen LogP contribution in [-0.2, 0) is 21.2 Å². The van der Waals surface area contributed by atoms with Crippen LogP contribution in [-0.4, -0.2) is 25.0 Å². The fourth-order valence-corrected chi connectivity index (χ4v) is 6.41. The number of benzene rings is 3. The first-order valence-corrected chi connectivity index (χ1v) is 11.5. The summed E-state index contributed by atoms with van der Waals surface area (Å²) in [5.41, 5.74) is 2.52. The Kier molecular flexibility index (Phi) is 4.32. The number of hydrogen-bond acceptors (Lipinski definition) is 3. The van der Waals surface area contributed by atoms with Crippen molar-refractivity contribution in [3.8, 4) is 11.1 Å². The van der Waals surface area contributed by atoms with Gasteiger partial charge in [-0.15, -0.1) is 0 Å². The number of sulfonamides is 1. The van der Waals surface area contributed by atoms with Gasteiger partial charge in [-0.2, -0.15) is 4.72 Å². The van der Waals surface area contributed by atoms with E-state index in [9.17, 15) is 22.7 Å². The van der Waals surface area contributed by atoms with Crippen molar-refractivity contribution in [1.29, 1.82) is 0 Å². The average Bonchev–Trinajstić information content (AvgIpc) is 3.15. The SMILES string of the molecule is CC1C(c2ccccc2)C1(NS(=O)(=O)c1ccc2c(c1)Cc1cc(F)ccc1-2)C(=O)O. The van der Waals surface area contributed by atoms with E-state index in [0.717, 1.165) is 27.8 Å². The Balaban J connectivity index is 1.48. The number of aliphatic carboxylic acids is 1. The maximum atomic E-state index is 13.6. The van der Waals surface area contributed by atoms with Gasteiger partial charge in [-0.1, -0.05) is 49.4 Å². The Bertz CT molecular complexity index is 1320. The van der Waals surface area contributed by atoms with Crippen LogP contribution < -0.4 is 4.72 Å². The molecule has 1 fully saturated rings. The van der Waals surface area contributed by atoms with Crippen molar-refractivity contribution < 1.29 is 22.7 Å². The number of halogens is 1. The van der Waals surface area contributed by atoms with Crippen molar-refractivity contribution in [2.24, 2.45) is 5.92 Å². The number of rotatable bonds is 5. The van der Waals surface area contributed by atoms with Crippen LogP contribution in [0, 0.1) is 11.7 Å². The molecule has 3 aromatic rings. The van der Waals surface area contributed by atoms with E-state index in [1.54, 1.807) is 25.1 Å². The molecular weight excluding hydrogens is 417 g/mol. The lowest BCUT2D eigenvalue weighted by Gasteiger charge is -2.16. The zero-order valence-corrected chi connectivity index (χ0v) is 17.5. The van der Waals surface area contributed by atoms with Crippen LogP contribution in [0.4, 0.5) is 4.39 Å². The van der Waals surface area contributed by atoms with E-state index in [1.807, 2.05) is 30.3 Å². The molecular formula is C24H20FNO4S. The highest BCUT2D eigenvalue weighted by Gasteiger charge is 2.70. The second-order valence-corrected chi connectivity index (χ2v) is 9.94. The maximum absolute atomic E-state index is 13.6. The quantitative estimate of drug-likeness (QED) is 0.496. The molecule has 31 heavy (non-hydrogen) atoms. The van der Waals surface area contributed by atoms with Crippen molar-refractivity contribution in [3.63, 3.8) is 0 Å². The van der Waals surface area contributed by atoms with E-state index in [1.165, 1.54) is 18.2 Å². The first-order valence-electron chi connectivity index (χ1n) is 9.98. The first kappa shape index (κ1) is 19.9. The average molecular weight is 437 g/mol. The summed E-state index contributed by atoms with van der Waals surface area (Å²) in [5, 5.41) is 9.95. The number of hydrogen-bond donors (Lipinski definition) is 2. The molecule has 0 saturated heterocycles. The number of carboxylic acid groups (broad SMARTS) is 1. The predicted molar refractivity (Wildman–Crippen MR) is 114 cm³/mol. The van der Waals surface area contributed by atoms with E-state index in [-0.39, 0.29) is 10.7 Å². The van der Waals surface area contributed by atoms with Crippen LogP contribution in [0.3, 0.4) is 0 Å². The second-order valence-electron chi connectivity index (χ2n) is 8.25. The summed E-state index contributed by atoms with van der Waals surface area (Å²) in [6.07, 6.45) is 0.429. The van der Waals surface area contributed by atoms with Gasteiger partial charge in [0, 0.05) is 5.92 Å². The normalized spacial score (nSPS) is 23.8. The lowest BCUT2D eigenvalue weighted by molar-refractivity contribution is -0.140. The molecule has 3 aromatic carbocycles. The molecule has 2 aliphatic rings. The van der Waals surface area contributed by atoms with Crippen molar-refractivity contribution in [3.05, 3.63) is 89.2 Å². The number of carbonyl (C=O) groups is 1. The Morgan fingerprint density at radius 2 is 1.68 bits per heavy atom. The molecule has 3 unspecified atom stereocenters. The van der Waals surface area contributed by atoms with Gasteiger partial charge in [-0.05, 0) is 64.4 Å². The Hall–Kier alpha value is -3.03. The first-order chi connectivity index (χ1) is 14.7. The zero-order chi connectivity index (χ0) is 22.0. The molecule has 0 aromatic heterocycles. The molecule has 5 rings (SSSR count). The van der Waals surface area contributed by atoms with Crippen molar-refractivity contribution in [1.82, 2.24) is 4.72 Å². The molecule has 2 aliphatic carbocycles. The minimum absolute atomic E-state index is 0.00562. The molecule has 0 heterocycles. The van der Waals surface area contributed by atoms with Gasteiger partial charge in [0.2, 0.25) is 10.0 Å². The van der Waals surface area contributed by atoms with Gasteiger partial charge in [-0.3, -0.25) is 4.79 Å². The number of nitrogens with one attached hydrogen (secondary N) is 1. The fraction of sp³-hybridized carbons (Fsp3) is 0.208. The summed E-state index contributed by atoms with van der Waals surface area (Å²) in [5.74, 6) is -2.38. The standard InChI is InChI=1S/C24H20FNO4S/c1-14-22(15-5-3-2-4-6-15)24(14,23(27)28)26-31(29,30)19-8-10-21-17(13-19)11-16-12-18(25)7-9-20(16)21/h2-10,12-14,22,26H,11H2,1H3,(H,27,28). The summed E-state index contributed by atoms with van der Waals surface area (Å²) < 4.78 is 42.5. The Labute approximate surface area is 179 Å². The minimum Gasteiger partial charge on any atom is -0.480 e. The molecule has 0 bridgehead atoms. The Morgan fingerprint density at radius 1 is 1.03 bits per heavy atom. The zero-order valence-electron chi connectivity index (χ0n) is 16.7. The summed E-state index contributed by atoms with van der Waals surface area (Å²) >= 11 is 0. The molecule has 5 nitrogen and oxygen atoms in total. The second kappa shape index (κ2) is 6.73. The van der Waals surface area contributed by atoms with Crippen molar-refractivity contribution in [2.45, 2.75) is 29.7 Å². The van der Waals surface area contributed by atoms with E-state index in [4.69, 9.17) is 0 Å². The number of carboxylic acids is 1. The third-order valence-corrected chi connectivity index (χ3v) is 8.02. The molecule has 7 heteroatoms. The van der Waals surface area contributed by atoms with E-state index >= 15 is 0 Å². The molecule has 1 saturated carbocycles. The van der Waals surface area contributed by atoms with Crippen LogP contribution in [0.15, 0.2) is 71.6 Å². The van der Waals surface area contributed by atoms with Gasteiger partial charge in [-0.25, -0.2) is 12.8 Å². The molecule has 0 aliphatic heterocycles. The van der Waals surface area contributed by atoms with Gasteiger partial charge in [0.25, 0.3) is 0 Å². The summed E-state index contributed by atoms with van der Waals surface area (Å²) in [6.45, 7) is 1.74. The third kappa shape index (κ3) is 2.99. The van der Waals surface area contributed by atoms with Crippen LogP contribution in [0.2, 0.25) is 0 Å². The highest BCUT2D eigenvalue weighted by molar-refractivity contribution is 7.89. The smallest absolute Gasteiger partial charge is 0.325 e. The fourth-order valence-electron chi connectivity index (χ4n) is 4.90. The maximum Gasteiger partial charge on any atom is 0.325 e. The van der Waals surface area contributed by atoms with Gasteiger partial charge in [0.05, 0.1) is 4.90 Å². The summed E-state index contributed by atoms with van der Waals surface area (Å²) in [6, 6.07) is 18.3. The summed E-state index contributed by atoms with van der Waals surface area (Å²) in [7, 11) is -4.10. The summed E-state index contributed by atoms with van der Waals surface area (Å²) in [4.78, 5) is 12.2. The molecule has 158 valence electrons. The largest absolute Gasteiger partial charge is 0.480 e. The van der Waals surface area contributed by atoms with Gasteiger partial charge >= 0.3 is 5.97 Å². The van der Waals surface area contributed by atoms with Crippen LogP contribution in [0.5, 0.6) is 0 Å². The molecule has 0 radical (unpaired) electrons. The predicted octanol–water partition coefficient (Wildman–Crippen LogP) is 3.93. The van der Waals surface area contributed by atoms with E-state index in [0.29, 0.717) is 6.42 Å². The lowest BCUT2D eigenvalue weighted by atomic mass is 10.1. The lowest BCUT2D eigenvalue weighted by Crippen LogP contribution is -2.45. The van der Waals surface area contributed by atoms with E-state index in [2.05, 4.69) is 4.72 Å². The highest BCUT2D eigenvalue weighted by atomic mass is 32.2. The third-order valence-electron chi connectivity index (χ3n) is 6.54. The molecule has 0 amide bonds. The van der Waals surface area contributed by atoms with E-state index < -0.39 is 33.4 Å². The van der Waals surface area contributed by atoms with Crippen LogP contribution in [0.25, 0.3) is 11.1 Å². The van der Waals surface area contributed by atoms with Crippen molar-refractivity contribution in [2.75, 3.05) is 0 Å². The van der Waals surface area contributed by atoms with Crippen molar-refractivity contribution >= 4 is 16.0 Å². The number of fused-ring (bicyclic) bond motifs is 3. The van der Waals surface area contributed by atoms with Gasteiger partial charge in [0.15, 0.2) is 0 Å². The highest BCUT2D eigenvalue weighted by Crippen LogP contribution is 2.58.